The monoisotopic (exact) mass is 142 g/mol. The molecule has 0 unspecified atom stereocenters. The molecule has 0 fully saturated rings. The average Bonchev–Trinajstić information content (AvgIpc) is 1.87. The number of unbranched alkanes of at least 4 members (excludes halogenated alkanes) is 3. The highest BCUT2D eigenvalue weighted by Gasteiger charge is 1.97. The van der Waals surface area contributed by atoms with E-state index in [1.807, 2.05) is 0 Å². The predicted octanol–water partition coefficient (Wildman–Crippen LogP) is 1.00. The van der Waals surface area contributed by atoms with E-state index >= 15 is 0 Å². The first-order valence-corrected chi connectivity index (χ1v) is 3.32. The lowest BCUT2D eigenvalue weighted by atomic mass is 10.1. The lowest BCUT2D eigenvalue weighted by molar-refractivity contribution is -0.143. The smallest absolute Gasteiger partial charge is 0.291 e. The van der Waals surface area contributed by atoms with Crippen LogP contribution in [0, 0.1) is 0 Å². The molecule has 56 valence electrons. The Bertz CT molecular complexity index is 109. The number of rotatable bonds is 6. The molecule has 2 radical (unpaired) electrons. The minimum Gasteiger partial charge on any atom is -0.291 e. The molecule has 0 saturated carbocycles. The van der Waals surface area contributed by atoms with Crippen LogP contribution >= 0.6 is 0 Å². The maximum atomic E-state index is 9.84. The van der Waals surface area contributed by atoms with Gasteiger partial charge in [-0.2, -0.15) is 0 Å². The molecule has 0 aromatic rings. The first-order chi connectivity index (χ1) is 4.77. The number of hydrogen-bond acceptors (Lipinski definition) is 2. The third-order valence-electron chi connectivity index (χ3n) is 1.16. The molecule has 0 aromatic heterocycles. The van der Waals surface area contributed by atoms with Crippen LogP contribution in [0.4, 0.5) is 0 Å². The summed E-state index contributed by atoms with van der Waals surface area (Å²) in [5.74, 6) is -1.02. The Morgan fingerprint density at radius 2 is 1.90 bits per heavy atom. The number of carbonyl (C=O) groups excluding carboxylic acids is 2. The lowest BCUT2D eigenvalue weighted by Crippen LogP contribution is -1.91. The maximum absolute atomic E-state index is 9.84. The van der Waals surface area contributed by atoms with E-state index in [0.29, 0.717) is 12.8 Å². The summed E-state index contributed by atoms with van der Waals surface area (Å²) in [7, 11) is 0. The molecule has 0 bridgehead atoms. The van der Waals surface area contributed by atoms with Crippen molar-refractivity contribution in [2.24, 2.45) is 0 Å². The third-order valence-corrected chi connectivity index (χ3v) is 1.16. The molecular weight excluding hydrogens is 132 g/mol. The summed E-state index contributed by atoms with van der Waals surface area (Å²) >= 11 is 0. The molecule has 0 spiro atoms. The van der Waals surface area contributed by atoms with Crippen molar-refractivity contribution in [3.8, 4) is 0 Å². The van der Waals surface area contributed by atoms with Gasteiger partial charge in [0.1, 0.15) is 0 Å². The molecule has 0 aliphatic heterocycles. The highest BCUT2D eigenvalue weighted by Crippen LogP contribution is 2.00. The second kappa shape index (κ2) is 6.26. The Kier molecular flexibility index (Phi) is 5.72. The second-order valence-electron chi connectivity index (χ2n) is 2.08. The molecule has 3 heteroatoms. The largest absolute Gasteiger partial charge is 0.355 e. The third kappa shape index (κ3) is 7.14. The van der Waals surface area contributed by atoms with Crippen molar-refractivity contribution < 1.29 is 14.7 Å². The van der Waals surface area contributed by atoms with Gasteiger partial charge in [0.15, 0.2) is 6.29 Å². The van der Waals surface area contributed by atoms with Crippen molar-refractivity contribution in [1.82, 2.24) is 0 Å². The molecule has 3 nitrogen and oxygen atoms in total. The normalized spacial score (nSPS) is 9.20. The van der Waals surface area contributed by atoms with Gasteiger partial charge in [0.05, 0.1) is 6.42 Å². The molecule has 0 N–H and O–H groups in total. The molecule has 0 amide bonds. The predicted molar refractivity (Wildman–Crippen MR) is 34.5 cm³/mol. The molecule has 0 heterocycles. The molecule has 0 aromatic carbocycles. The Morgan fingerprint density at radius 1 is 1.20 bits per heavy atom. The first-order valence-electron chi connectivity index (χ1n) is 3.32. The molecule has 10 heavy (non-hydrogen) atoms. The zero-order valence-corrected chi connectivity index (χ0v) is 5.76. The van der Waals surface area contributed by atoms with Gasteiger partial charge in [-0.05, 0) is 12.8 Å². The second-order valence-corrected chi connectivity index (χ2v) is 2.08. The van der Waals surface area contributed by atoms with Crippen molar-refractivity contribution in [3.63, 3.8) is 0 Å². The topological polar surface area (TPSA) is 54.0 Å². The molecule has 0 rings (SSSR count). The zero-order chi connectivity index (χ0) is 7.82. The van der Waals surface area contributed by atoms with Crippen molar-refractivity contribution in [2.45, 2.75) is 32.1 Å². The minimum atomic E-state index is -1.02. The van der Waals surface area contributed by atoms with Gasteiger partial charge in [-0.1, -0.05) is 6.42 Å². The number of carbonyl (C=O) groups is 1. The van der Waals surface area contributed by atoms with E-state index < -0.39 is 5.97 Å². The van der Waals surface area contributed by atoms with E-state index in [-0.39, 0.29) is 6.42 Å². The van der Waals surface area contributed by atoms with Crippen LogP contribution in [0.3, 0.4) is 0 Å². The van der Waals surface area contributed by atoms with E-state index in [1.165, 1.54) is 0 Å². The molecule has 0 atom stereocenters. The van der Waals surface area contributed by atoms with E-state index in [0.717, 1.165) is 12.8 Å². The quantitative estimate of drug-likeness (QED) is 0.519. The summed E-state index contributed by atoms with van der Waals surface area (Å²) in [6.45, 7) is 0. The Morgan fingerprint density at radius 3 is 2.40 bits per heavy atom. The summed E-state index contributed by atoms with van der Waals surface area (Å²) in [5, 5.41) is 9.84. The summed E-state index contributed by atoms with van der Waals surface area (Å²) < 4.78 is 0. The van der Waals surface area contributed by atoms with Gasteiger partial charge in [-0.15, -0.1) is 0 Å². The highest BCUT2D eigenvalue weighted by atomic mass is 16.4. The Balaban J connectivity index is 2.90. The van der Waals surface area contributed by atoms with Crippen LogP contribution in [0.2, 0.25) is 0 Å². The van der Waals surface area contributed by atoms with Crippen LogP contribution in [0.25, 0.3) is 0 Å². The van der Waals surface area contributed by atoms with Gasteiger partial charge in [0, 0.05) is 6.42 Å². The molecule has 0 aliphatic rings. The van der Waals surface area contributed by atoms with Crippen LogP contribution in [0.15, 0.2) is 0 Å². The summed E-state index contributed by atoms with van der Waals surface area (Å²) in [6.07, 6.45) is 4.35. The molecule has 0 aliphatic carbocycles. The first kappa shape index (κ1) is 9.14. The van der Waals surface area contributed by atoms with E-state index in [4.69, 9.17) is 0 Å². The van der Waals surface area contributed by atoms with Crippen molar-refractivity contribution in [1.29, 1.82) is 0 Å². The fraction of sp³-hybridized carbons (Fsp3) is 0.714. The van der Waals surface area contributed by atoms with Gasteiger partial charge in [-0.3, -0.25) is 4.79 Å². The van der Waals surface area contributed by atoms with Gasteiger partial charge < -0.3 is 0 Å². The zero-order valence-electron chi connectivity index (χ0n) is 5.76. The van der Waals surface area contributed by atoms with Crippen molar-refractivity contribution in [2.75, 3.05) is 0 Å². The van der Waals surface area contributed by atoms with Crippen LogP contribution < -0.4 is 0 Å². The summed E-state index contributed by atoms with van der Waals surface area (Å²) in [5.41, 5.74) is 0. The van der Waals surface area contributed by atoms with Crippen molar-refractivity contribution >= 4 is 12.3 Å². The van der Waals surface area contributed by atoms with Crippen LogP contribution in [-0.4, -0.2) is 12.3 Å². The number of hydrogen-bond donors (Lipinski definition) is 0. The van der Waals surface area contributed by atoms with Gasteiger partial charge in [0.2, 0.25) is 0 Å². The maximum Gasteiger partial charge on any atom is 0.355 e. The van der Waals surface area contributed by atoms with E-state index in [2.05, 4.69) is 0 Å². The van der Waals surface area contributed by atoms with Crippen molar-refractivity contribution in [3.05, 3.63) is 0 Å². The fourth-order valence-electron chi connectivity index (χ4n) is 0.643. The van der Waals surface area contributed by atoms with Crippen LogP contribution in [-0.2, 0) is 14.7 Å². The average molecular weight is 142 g/mol. The Hall–Kier alpha value is -0.860. The Labute approximate surface area is 60.0 Å². The molecule has 0 saturated heterocycles. The summed E-state index contributed by atoms with van der Waals surface area (Å²) in [4.78, 5) is 19.5. The van der Waals surface area contributed by atoms with E-state index in [1.54, 1.807) is 6.29 Å². The van der Waals surface area contributed by atoms with Gasteiger partial charge >= 0.3 is 5.97 Å². The lowest BCUT2D eigenvalue weighted by Gasteiger charge is -1.90. The van der Waals surface area contributed by atoms with Crippen LogP contribution in [0.5, 0.6) is 0 Å². The van der Waals surface area contributed by atoms with Gasteiger partial charge in [-0.25, -0.2) is 9.90 Å². The van der Waals surface area contributed by atoms with Gasteiger partial charge in [0.25, 0.3) is 0 Å². The summed E-state index contributed by atoms with van der Waals surface area (Å²) in [6, 6.07) is 0. The van der Waals surface area contributed by atoms with Crippen LogP contribution in [0.1, 0.15) is 32.1 Å². The fourth-order valence-corrected chi connectivity index (χ4v) is 0.643. The minimum absolute atomic E-state index is 0.0961. The standard InChI is InChI=1S/C7H10O3/c8-6-4-2-1-3-5-7(9)10/h1-5H2. The van der Waals surface area contributed by atoms with E-state index in [9.17, 15) is 14.7 Å². The SMILES string of the molecule is [O]C(=O)CCCCC[C]=O. The molecular formula is C7H10O3. The highest BCUT2D eigenvalue weighted by molar-refractivity contribution is 5.66.